The van der Waals surface area contributed by atoms with Gasteiger partial charge in [-0.15, -0.1) is 0 Å². The van der Waals surface area contributed by atoms with Crippen LogP contribution in [-0.2, 0) is 68.7 Å². The number of aliphatic hydroxyl groups excluding tert-OH is 2. The van der Waals surface area contributed by atoms with Gasteiger partial charge in [0, 0.05) is 19.4 Å². The molecule has 1 aromatic carbocycles. The highest BCUT2D eigenvalue weighted by atomic mass is 32.2. The van der Waals surface area contributed by atoms with Gasteiger partial charge in [-0.1, -0.05) is 12.1 Å². The molecule has 88 heavy (non-hydrogen) atoms. The van der Waals surface area contributed by atoms with E-state index in [1.807, 2.05) is 10.6 Å². The van der Waals surface area contributed by atoms with Crippen LogP contribution in [0.15, 0.2) is 29.3 Å². The van der Waals surface area contributed by atoms with E-state index in [1.54, 1.807) is 6.26 Å². The van der Waals surface area contributed by atoms with Crippen molar-refractivity contribution in [3.8, 4) is 5.75 Å². The Balaban J connectivity index is 3.82. The SMILES string of the molecule is CSCC[C@H](NC(=O)[C@H](CCCCN)NC(=O)[C@H](CO)NC(=O)[C@@H](N)[C@@H](C)O)C(=O)N[C@@H](CCCN=C(N)N)C(=O)N[C@@H](Cc1ccc(O)cc1)C(=O)N[C@@H](CCCCN)C(=O)N[C@@H](CCC(=O)O)C(=O)N[C@@H](CC(=O)O)C(=O)N[C@@H](CC(=O)O)C(=O)O. The standard InChI is InChI=1S/C52H85N15O20S/c1-26(69)41(55)50(85)67-37(25-68)49(84)61-30(9-4-6-19-54)43(78)63-33(17-21-88-2)46(81)59-31(10-7-20-58-52(56)57)44(79)64-34(22-27-11-13-28(70)14-12-27)47(82)60-29(8-3-5-18-53)42(77)62-32(15-16-38(71)72)45(80)65-35(23-39(73)74)48(83)66-36(51(86)87)24-40(75)76/h11-14,26,29-37,41,68-70H,3-10,15-25,53-55H2,1-2H3,(H,59,81)(H,60,82)(H,61,84)(H,62,77)(H,63,78)(H,64,79)(H,65,80)(H,66,83)(H,67,85)(H,71,72)(H,73,74)(H,75,76)(H,86,87)(H4,56,57,58)/t26-,29+,30+,31+,32+,33+,34+,35+,36+,37+,41+/m1/s1. The minimum atomic E-state index is -2.12. The monoisotopic (exact) mass is 1270 g/mol. The van der Waals surface area contributed by atoms with E-state index in [0.717, 1.165) is 0 Å². The highest BCUT2D eigenvalue weighted by Crippen LogP contribution is 2.15. The molecule has 9 amide bonds. The molecule has 1 rings (SSSR count). The van der Waals surface area contributed by atoms with Crippen LogP contribution in [0.4, 0.5) is 0 Å². The van der Waals surface area contributed by atoms with Crippen molar-refractivity contribution in [3.05, 3.63) is 29.8 Å². The lowest BCUT2D eigenvalue weighted by Gasteiger charge is -2.28. The smallest absolute Gasteiger partial charge is 0.326 e. The largest absolute Gasteiger partial charge is 0.508 e. The van der Waals surface area contributed by atoms with E-state index in [0.29, 0.717) is 12.0 Å². The van der Waals surface area contributed by atoms with Gasteiger partial charge >= 0.3 is 23.9 Å². The molecule has 0 aliphatic carbocycles. The van der Waals surface area contributed by atoms with Crippen LogP contribution in [0.25, 0.3) is 0 Å². The molecule has 0 bridgehead atoms. The maximum Gasteiger partial charge on any atom is 0.326 e. The number of phenols is 1. The maximum atomic E-state index is 14.6. The average molecular weight is 1270 g/mol. The highest BCUT2D eigenvalue weighted by Gasteiger charge is 2.37. The summed E-state index contributed by atoms with van der Waals surface area (Å²) in [5.74, 6) is -16.9. The van der Waals surface area contributed by atoms with Crippen molar-refractivity contribution in [1.29, 1.82) is 0 Å². The molecule has 0 heterocycles. The number of nitrogens with zero attached hydrogens (tertiary/aromatic N) is 1. The van der Waals surface area contributed by atoms with Gasteiger partial charge in [0.15, 0.2) is 5.96 Å². The molecule has 0 unspecified atom stereocenters. The first kappa shape index (κ1) is 77.6. The number of benzene rings is 1. The number of amides is 9. The number of carboxylic acids is 4. The van der Waals surface area contributed by atoms with Crippen LogP contribution < -0.4 is 76.5 Å². The predicted molar refractivity (Wildman–Crippen MR) is 314 cm³/mol. The Kier molecular flexibility index (Phi) is 36.7. The number of carboxylic acid groups (broad SMARTS) is 4. The number of nitrogens with two attached hydrogens (primary N) is 5. The zero-order chi connectivity index (χ0) is 66.6. The van der Waals surface area contributed by atoms with Crippen LogP contribution in [0, 0.1) is 0 Å². The molecule has 494 valence electrons. The average Bonchev–Trinajstić information content (AvgIpc) is 3.06. The third-order valence-electron chi connectivity index (χ3n) is 12.9. The Morgan fingerprint density at radius 3 is 1.28 bits per heavy atom. The first-order valence-electron chi connectivity index (χ1n) is 27.9. The normalized spacial score (nSPS) is 14.7. The summed E-state index contributed by atoms with van der Waals surface area (Å²) in [6.07, 6.45) is -3.40. The van der Waals surface area contributed by atoms with Gasteiger partial charge in [0.1, 0.15) is 66.2 Å². The summed E-state index contributed by atoms with van der Waals surface area (Å²) >= 11 is 1.28. The van der Waals surface area contributed by atoms with Crippen LogP contribution in [0.5, 0.6) is 5.75 Å². The Morgan fingerprint density at radius 2 is 0.875 bits per heavy atom. The van der Waals surface area contributed by atoms with Gasteiger partial charge in [0.2, 0.25) is 53.2 Å². The molecule has 0 spiro atoms. The number of rotatable bonds is 45. The molecule has 0 fully saturated rings. The lowest BCUT2D eigenvalue weighted by Crippen LogP contribution is -2.61. The van der Waals surface area contributed by atoms with Crippen molar-refractivity contribution >= 4 is 94.8 Å². The zero-order valence-electron chi connectivity index (χ0n) is 48.8. The molecule has 0 aromatic heterocycles. The van der Waals surface area contributed by atoms with Crippen molar-refractivity contribution in [2.24, 2.45) is 33.7 Å². The van der Waals surface area contributed by atoms with E-state index in [-0.39, 0.29) is 94.9 Å². The first-order valence-corrected chi connectivity index (χ1v) is 29.3. The van der Waals surface area contributed by atoms with E-state index < -0.39 is 176 Å². The summed E-state index contributed by atoms with van der Waals surface area (Å²) in [6, 6.07) is -11.5. The summed E-state index contributed by atoms with van der Waals surface area (Å²) in [5.41, 5.74) is 28.5. The number of nitrogens with one attached hydrogen (secondary N) is 9. The number of carbonyl (C=O) groups excluding carboxylic acids is 9. The lowest BCUT2D eigenvalue weighted by atomic mass is 10.0. The van der Waals surface area contributed by atoms with E-state index in [4.69, 9.17) is 33.8 Å². The van der Waals surface area contributed by atoms with Crippen molar-refractivity contribution in [3.63, 3.8) is 0 Å². The number of thioether (sulfide) groups is 1. The second-order valence-corrected chi connectivity index (χ2v) is 21.1. The molecular formula is C52H85N15O20S. The molecule has 0 radical (unpaired) electrons. The van der Waals surface area contributed by atoms with Crippen LogP contribution in [-0.4, -0.2) is 224 Å². The fraction of sp³-hybridized carbons (Fsp3) is 0.615. The summed E-state index contributed by atoms with van der Waals surface area (Å²) in [7, 11) is 0. The maximum absolute atomic E-state index is 14.6. The third-order valence-corrected chi connectivity index (χ3v) is 13.6. The van der Waals surface area contributed by atoms with Gasteiger partial charge in [-0.2, -0.15) is 11.8 Å². The summed E-state index contributed by atoms with van der Waals surface area (Å²) in [5, 5.41) is 88.5. The van der Waals surface area contributed by atoms with Gasteiger partial charge in [-0.25, -0.2) is 4.79 Å². The van der Waals surface area contributed by atoms with Crippen molar-refractivity contribution in [2.45, 2.75) is 163 Å². The second-order valence-electron chi connectivity index (χ2n) is 20.1. The van der Waals surface area contributed by atoms with E-state index >= 15 is 0 Å². The number of aromatic hydroxyl groups is 1. The van der Waals surface area contributed by atoms with Gasteiger partial charge in [0.25, 0.3) is 0 Å². The Morgan fingerprint density at radius 1 is 0.500 bits per heavy atom. The fourth-order valence-corrected chi connectivity index (χ4v) is 8.50. The van der Waals surface area contributed by atoms with Crippen LogP contribution >= 0.6 is 11.8 Å². The molecular weight excluding hydrogens is 1190 g/mol. The number of hydrogen-bond acceptors (Lipinski definition) is 21. The number of aliphatic hydroxyl groups is 2. The molecule has 1 aromatic rings. The molecule has 0 saturated heterocycles. The highest BCUT2D eigenvalue weighted by molar-refractivity contribution is 7.98. The van der Waals surface area contributed by atoms with Crippen molar-refractivity contribution in [1.82, 2.24) is 47.9 Å². The van der Waals surface area contributed by atoms with E-state index in [2.05, 4.69) is 42.2 Å². The van der Waals surface area contributed by atoms with Gasteiger partial charge in [0.05, 0.1) is 25.6 Å². The molecule has 35 nitrogen and oxygen atoms in total. The van der Waals surface area contributed by atoms with Gasteiger partial charge in [-0.3, -0.25) is 62.5 Å². The van der Waals surface area contributed by atoms with E-state index in [1.165, 1.54) is 43.0 Å². The molecule has 11 atom stereocenters. The van der Waals surface area contributed by atoms with Crippen molar-refractivity contribution < 1.29 is 98.1 Å². The number of aliphatic imine (C=N–C) groups is 1. The molecule has 26 N–H and O–H groups in total. The minimum Gasteiger partial charge on any atom is -0.508 e. The van der Waals surface area contributed by atoms with Gasteiger partial charge in [-0.05, 0) is 114 Å². The first-order chi connectivity index (χ1) is 41.5. The Labute approximate surface area is 510 Å². The third kappa shape index (κ3) is 30.8. The summed E-state index contributed by atoms with van der Waals surface area (Å²) in [6.45, 7) is 0.491. The number of phenolic OH excluding ortho intramolecular Hbond substituents is 1. The summed E-state index contributed by atoms with van der Waals surface area (Å²) < 4.78 is 0. The molecule has 0 aliphatic heterocycles. The van der Waals surface area contributed by atoms with Crippen LogP contribution in [0.2, 0.25) is 0 Å². The quantitative estimate of drug-likeness (QED) is 0.0164. The Hall–Kier alpha value is -8.45. The Bertz CT molecular complexity index is 2540. The molecule has 36 heteroatoms. The van der Waals surface area contributed by atoms with E-state index in [9.17, 15) is 93.0 Å². The van der Waals surface area contributed by atoms with Crippen LogP contribution in [0.1, 0.15) is 96.0 Å². The van der Waals surface area contributed by atoms with Crippen molar-refractivity contribution in [2.75, 3.05) is 38.2 Å². The fourth-order valence-electron chi connectivity index (χ4n) is 8.03. The number of guanidine groups is 1. The van der Waals surface area contributed by atoms with Gasteiger partial charge < -0.3 is 112 Å². The number of unbranched alkanes of at least 4 members (excludes halogenated alkanes) is 2. The lowest BCUT2D eigenvalue weighted by molar-refractivity contribution is -0.148. The molecule has 0 aliphatic rings. The number of carbonyl (C=O) groups is 13. The number of hydrogen-bond donors (Lipinski definition) is 21. The predicted octanol–water partition coefficient (Wildman–Crippen LogP) is -7.04. The summed E-state index contributed by atoms with van der Waals surface area (Å²) in [4.78, 5) is 175. The molecule has 0 saturated carbocycles. The number of aliphatic carboxylic acids is 4. The topological polar surface area (TPSA) is 614 Å². The zero-order valence-corrected chi connectivity index (χ0v) is 49.6. The second kappa shape index (κ2) is 41.6. The minimum absolute atomic E-state index is 0.0160. The van der Waals surface area contributed by atoms with Crippen LogP contribution in [0.3, 0.4) is 0 Å².